The molecule has 1 aromatic heterocycles. The zero-order valence-corrected chi connectivity index (χ0v) is 8.55. The molecule has 1 unspecified atom stereocenters. The standard InChI is InChI=1S/C12H13NO2/c1-2-11(12(14)15)13-7-9-5-3-4-6-10(9)8-13/h3-8,11H,2H2,1H3,(H,14,15). The third-order valence-corrected chi connectivity index (χ3v) is 2.60. The van der Waals surface area contributed by atoms with Crippen LogP contribution >= 0.6 is 0 Å². The number of fused-ring (bicyclic) bond motifs is 1. The first-order valence-corrected chi connectivity index (χ1v) is 5.01. The third kappa shape index (κ3) is 1.73. The lowest BCUT2D eigenvalue weighted by atomic mass is 10.2. The van der Waals surface area contributed by atoms with Crippen molar-refractivity contribution in [2.45, 2.75) is 19.4 Å². The summed E-state index contributed by atoms with van der Waals surface area (Å²) >= 11 is 0. The number of carboxylic acids is 1. The predicted octanol–water partition coefficient (Wildman–Crippen LogP) is 2.68. The van der Waals surface area contributed by atoms with Crippen LogP contribution in [-0.4, -0.2) is 15.6 Å². The van der Waals surface area contributed by atoms with E-state index in [-0.39, 0.29) is 0 Å². The highest BCUT2D eigenvalue weighted by Crippen LogP contribution is 2.20. The van der Waals surface area contributed by atoms with Gasteiger partial charge in [-0.25, -0.2) is 4.79 Å². The number of aliphatic carboxylic acids is 1. The van der Waals surface area contributed by atoms with E-state index in [4.69, 9.17) is 5.11 Å². The minimum Gasteiger partial charge on any atom is -0.480 e. The van der Waals surface area contributed by atoms with Crippen LogP contribution in [0, 0.1) is 0 Å². The molecule has 0 saturated heterocycles. The number of hydrogen-bond donors (Lipinski definition) is 1. The van der Waals surface area contributed by atoms with Crippen molar-refractivity contribution in [3.63, 3.8) is 0 Å². The fraction of sp³-hybridized carbons (Fsp3) is 0.250. The van der Waals surface area contributed by atoms with Gasteiger partial charge in [0.05, 0.1) is 0 Å². The molecule has 0 spiro atoms. The van der Waals surface area contributed by atoms with E-state index < -0.39 is 12.0 Å². The summed E-state index contributed by atoms with van der Waals surface area (Å²) in [4.78, 5) is 11.0. The summed E-state index contributed by atoms with van der Waals surface area (Å²) in [7, 11) is 0. The van der Waals surface area contributed by atoms with Gasteiger partial charge < -0.3 is 9.67 Å². The first-order valence-electron chi connectivity index (χ1n) is 5.01. The van der Waals surface area contributed by atoms with Gasteiger partial charge in [-0.1, -0.05) is 31.2 Å². The monoisotopic (exact) mass is 203 g/mol. The Balaban J connectivity index is 2.47. The van der Waals surface area contributed by atoms with E-state index in [1.54, 1.807) is 4.57 Å². The van der Waals surface area contributed by atoms with Gasteiger partial charge in [-0.15, -0.1) is 0 Å². The fourth-order valence-corrected chi connectivity index (χ4v) is 1.80. The molecule has 78 valence electrons. The topological polar surface area (TPSA) is 42.2 Å². The van der Waals surface area contributed by atoms with Gasteiger partial charge in [-0.3, -0.25) is 0 Å². The largest absolute Gasteiger partial charge is 0.480 e. The summed E-state index contributed by atoms with van der Waals surface area (Å²) < 4.78 is 1.77. The third-order valence-electron chi connectivity index (χ3n) is 2.60. The molecule has 0 aliphatic carbocycles. The van der Waals surface area contributed by atoms with Gasteiger partial charge in [0.1, 0.15) is 6.04 Å². The first kappa shape index (κ1) is 9.77. The lowest BCUT2D eigenvalue weighted by Crippen LogP contribution is -2.16. The Bertz CT molecular complexity index is 454. The van der Waals surface area contributed by atoms with Crippen molar-refractivity contribution in [2.75, 3.05) is 0 Å². The van der Waals surface area contributed by atoms with Crippen LogP contribution in [0.4, 0.5) is 0 Å². The zero-order chi connectivity index (χ0) is 10.8. The second-order valence-electron chi connectivity index (χ2n) is 3.60. The highest BCUT2D eigenvalue weighted by Gasteiger charge is 2.16. The molecule has 15 heavy (non-hydrogen) atoms. The van der Waals surface area contributed by atoms with E-state index in [0.29, 0.717) is 6.42 Å². The smallest absolute Gasteiger partial charge is 0.326 e. The second kappa shape index (κ2) is 3.77. The Hall–Kier alpha value is -1.77. The molecule has 1 N–H and O–H groups in total. The average molecular weight is 203 g/mol. The molecule has 0 bridgehead atoms. The van der Waals surface area contributed by atoms with Crippen LogP contribution in [-0.2, 0) is 4.79 Å². The summed E-state index contributed by atoms with van der Waals surface area (Å²) in [5.41, 5.74) is 0. The molecule has 1 heterocycles. The van der Waals surface area contributed by atoms with Crippen LogP contribution in [0.15, 0.2) is 36.7 Å². The lowest BCUT2D eigenvalue weighted by molar-refractivity contribution is -0.140. The zero-order valence-electron chi connectivity index (χ0n) is 8.55. The van der Waals surface area contributed by atoms with Gasteiger partial charge in [0.15, 0.2) is 0 Å². The van der Waals surface area contributed by atoms with Crippen molar-refractivity contribution in [1.29, 1.82) is 0 Å². The van der Waals surface area contributed by atoms with E-state index in [9.17, 15) is 4.79 Å². The van der Waals surface area contributed by atoms with Crippen LogP contribution in [0.25, 0.3) is 10.8 Å². The normalized spacial score (nSPS) is 12.9. The summed E-state index contributed by atoms with van der Waals surface area (Å²) in [6, 6.07) is 7.42. The molecule has 1 aromatic carbocycles. The summed E-state index contributed by atoms with van der Waals surface area (Å²) in [5.74, 6) is -0.780. The minimum atomic E-state index is -0.780. The molecule has 0 radical (unpaired) electrons. The first-order chi connectivity index (χ1) is 7.22. The fourth-order valence-electron chi connectivity index (χ4n) is 1.80. The Kier molecular flexibility index (Phi) is 2.46. The summed E-state index contributed by atoms with van der Waals surface area (Å²) in [6.45, 7) is 1.88. The van der Waals surface area contributed by atoms with E-state index in [1.807, 2.05) is 43.6 Å². The van der Waals surface area contributed by atoms with Crippen molar-refractivity contribution in [1.82, 2.24) is 4.57 Å². The minimum absolute atomic E-state index is 0.461. The lowest BCUT2D eigenvalue weighted by Gasteiger charge is -2.10. The molecule has 1 atom stereocenters. The number of rotatable bonds is 3. The van der Waals surface area contributed by atoms with Crippen molar-refractivity contribution in [2.24, 2.45) is 0 Å². The Morgan fingerprint density at radius 3 is 2.27 bits per heavy atom. The van der Waals surface area contributed by atoms with Crippen LogP contribution in [0.5, 0.6) is 0 Å². The highest BCUT2D eigenvalue weighted by atomic mass is 16.4. The van der Waals surface area contributed by atoms with E-state index >= 15 is 0 Å². The van der Waals surface area contributed by atoms with Crippen molar-refractivity contribution in [3.05, 3.63) is 36.7 Å². The Morgan fingerprint density at radius 1 is 1.33 bits per heavy atom. The number of benzene rings is 1. The molecule has 0 amide bonds. The summed E-state index contributed by atoms with van der Waals surface area (Å²) in [6.07, 6.45) is 4.37. The molecule has 0 aliphatic heterocycles. The molecule has 2 rings (SSSR count). The van der Waals surface area contributed by atoms with Gasteiger partial charge in [-0.2, -0.15) is 0 Å². The van der Waals surface area contributed by atoms with Crippen LogP contribution in [0.1, 0.15) is 19.4 Å². The van der Waals surface area contributed by atoms with Gasteiger partial charge in [-0.05, 0) is 17.2 Å². The average Bonchev–Trinajstić information content (AvgIpc) is 2.61. The molecule has 0 saturated carbocycles. The van der Waals surface area contributed by atoms with E-state index in [1.165, 1.54) is 0 Å². The number of carboxylic acid groups (broad SMARTS) is 1. The predicted molar refractivity (Wildman–Crippen MR) is 58.9 cm³/mol. The highest BCUT2D eigenvalue weighted by molar-refractivity contribution is 5.83. The second-order valence-corrected chi connectivity index (χ2v) is 3.60. The van der Waals surface area contributed by atoms with Crippen molar-refractivity contribution in [3.8, 4) is 0 Å². The Morgan fingerprint density at radius 2 is 1.87 bits per heavy atom. The maximum Gasteiger partial charge on any atom is 0.326 e. The quantitative estimate of drug-likeness (QED) is 0.833. The van der Waals surface area contributed by atoms with Crippen LogP contribution < -0.4 is 0 Å². The number of aromatic nitrogens is 1. The molecule has 0 aliphatic rings. The molecular formula is C12H13NO2. The summed E-state index contributed by atoms with van der Waals surface area (Å²) in [5, 5.41) is 11.2. The number of hydrogen-bond acceptors (Lipinski definition) is 1. The van der Waals surface area contributed by atoms with E-state index in [2.05, 4.69) is 0 Å². The van der Waals surface area contributed by atoms with Crippen molar-refractivity contribution >= 4 is 16.7 Å². The SMILES string of the molecule is CCC(C(=O)O)n1cc2ccccc2c1. The van der Waals surface area contributed by atoms with Gasteiger partial charge in [0.2, 0.25) is 0 Å². The molecular weight excluding hydrogens is 190 g/mol. The maximum absolute atomic E-state index is 11.0. The maximum atomic E-state index is 11.0. The molecule has 3 heteroatoms. The number of carbonyl (C=O) groups is 1. The number of nitrogens with zero attached hydrogens (tertiary/aromatic N) is 1. The van der Waals surface area contributed by atoms with Crippen molar-refractivity contribution < 1.29 is 9.90 Å². The molecule has 0 fully saturated rings. The van der Waals surface area contributed by atoms with Gasteiger partial charge in [0, 0.05) is 12.4 Å². The molecule has 2 aromatic rings. The van der Waals surface area contributed by atoms with Crippen LogP contribution in [0.2, 0.25) is 0 Å². The Labute approximate surface area is 87.9 Å². The molecule has 3 nitrogen and oxygen atoms in total. The van der Waals surface area contributed by atoms with Gasteiger partial charge in [0.25, 0.3) is 0 Å². The van der Waals surface area contributed by atoms with E-state index in [0.717, 1.165) is 10.8 Å². The van der Waals surface area contributed by atoms with Gasteiger partial charge >= 0.3 is 5.97 Å². The van der Waals surface area contributed by atoms with Crippen LogP contribution in [0.3, 0.4) is 0 Å².